The molecule has 2 rings (SSSR count). The van der Waals surface area contributed by atoms with E-state index in [1.807, 2.05) is 11.0 Å². The zero-order valence-corrected chi connectivity index (χ0v) is 12.5. The molecule has 19 heavy (non-hydrogen) atoms. The normalized spacial score (nSPS) is 15.4. The van der Waals surface area contributed by atoms with E-state index in [0.29, 0.717) is 23.8 Å². The van der Waals surface area contributed by atoms with Crippen LogP contribution in [-0.4, -0.2) is 23.4 Å². The van der Waals surface area contributed by atoms with Crippen molar-refractivity contribution in [3.63, 3.8) is 0 Å². The van der Waals surface area contributed by atoms with Crippen LogP contribution < -0.4 is 5.73 Å². The van der Waals surface area contributed by atoms with Crippen LogP contribution in [0.1, 0.15) is 36.0 Å². The van der Waals surface area contributed by atoms with Crippen LogP contribution >= 0.6 is 15.9 Å². The fourth-order valence-electron chi connectivity index (χ4n) is 2.61. The number of carbonyl (C=O) groups excluding carboxylic acids is 1. The number of amides is 1. The lowest BCUT2D eigenvalue weighted by molar-refractivity contribution is 0.0705. The van der Waals surface area contributed by atoms with E-state index in [-0.39, 0.29) is 5.91 Å². The summed E-state index contributed by atoms with van der Waals surface area (Å²) in [7, 11) is 0. The molecule has 0 aliphatic heterocycles. The highest BCUT2D eigenvalue weighted by Crippen LogP contribution is 2.27. The second kappa shape index (κ2) is 6.24. The summed E-state index contributed by atoms with van der Waals surface area (Å²) in [6, 6.07) is 5.67. The van der Waals surface area contributed by atoms with E-state index < -0.39 is 0 Å². The molecule has 0 atom stereocenters. The molecule has 0 radical (unpaired) electrons. The number of nitrogens with two attached hydrogens (primary N) is 1. The summed E-state index contributed by atoms with van der Waals surface area (Å²) in [5.74, 6) is 0.0333. The van der Waals surface area contributed by atoms with Crippen LogP contribution in [0.3, 0.4) is 0 Å². The Labute approximate surface area is 122 Å². The van der Waals surface area contributed by atoms with E-state index in [2.05, 4.69) is 22.5 Å². The van der Waals surface area contributed by atoms with E-state index in [1.165, 1.54) is 12.8 Å². The number of hydrogen-bond acceptors (Lipinski definition) is 2. The molecular formula is C15H19BrN2O. The minimum absolute atomic E-state index is 0.0333. The SMILES string of the molecule is C=CCN(C(=O)c1cc(N)ccc1Br)C1CCCC1. The molecule has 0 heterocycles. The van der Waals surface area contributed by atoms with Crippen molar-refractivity contribution in [3.8, 4) is 0 Å². The summed E-state index contributed by atoms with van der Waals surface area (Å²) in [6.07, 6.45) is 6.35. The average molecular weight is 323 g/mol. The lowest BCUT2D eigenvalue weighted by Crippen LogP contribution is -2.39. The Morgan fingerprint density at radius 3 is 2.79 bits per heavy atom. The van der Waals surface area contributed by atoms with Crippen molar-refractivity contribution in [3.05, 3.63) is 40.9 Å². The van der Waals surface area contributed by atoms with Gasteiger partial charge in [0.1, 0.15) is 0 Å². The molecule has 1 saturated carbocycles. The number of halogens is 1. The number of carbonyl (C=O) groups is 1. The van der Waals surface area contributed by atoms with Gasteiger partial charge in [0.05, 0.1) is 5.56 Å². The molecule has 102 valence electrons. The number of rotatable bonds is 4. The van der Waals surface area contributed by atoms with Crippen molar-refractivity contribution >= 4 is 27.5 Å². The maximum absolute atomic E-state index is 12.7. The predicted octanol–water partition coefficient (Wildman–Crippen LogP) is 3.60. The van der Waals surface area contributed by atoms with Crippen LogP contribution in [0.5, 0.6) is 0 Å². The molecule has 1 aliphatic carbocycles. The summed E-state index contributed by atoms with van der Waals surface area (Å²) < 4.78 is 0.791. The van der Waals surface area contributed by atoms with Crippen molar-refractivity contribution in [1.82, 2.24) is 4.90 Å². The summed E-state index contributed by atoms with van der Waals surface area (Å²) in [5.41, 5.74) is 7.02. The molecular weight excluding hydrogens is 304 g/mol. The van der Waals surface area contributed by atoms with Crippen molar-refractivity contribution < 1.29 is 4.79 Å². The standard InChI is InChI=1S/C15H19BrN2O/c1-2-9-18(12-5-3-4-6-12)15(19)13-10-11(17)7-8-14(13)16/h2,7-8,10,12H,1,3-6,9,17H2. The van der Waals surface area contributed by atoms with Gasteiger partial charge in [-0.2, -0.15) is 0 Å². The van der Waals surface area contributed by atoms with E-state index in [4.69, 9.17) is 5.73 Å². The van der Waals surface area contributed by atoms with Gasteiger partial charge in [0.15, 0.2) is 0 Å². The zero-order valence-electron chi connectivity index (χ0n) is 10.9. The summed E-state index contributed by atoms with van der Waals surface area (Å²) >= 11 is 3.43. The van der Waals surface area contributed by atoms with E-state index in [0.717, 1.165) is 17.3 Å². The van der Waals surface area contributed by atoms with Crippen LogP contribution in [0.4, 0.5) is 5.69 Å². The van der Waals surface area contributed by atoms with Crippen molar-refractivity contribution in [2.45, 2.75) is 31.7 Å². The molecule has 1 aliphatic rings. The molecule has 0 bridgehead atoms. The van der Waals surface area contributed by atoms with Crippen LogP contribution in [-0.2, 0) is 0 Å². The predicted molar refractivity (Wildman–Crippen MR) is 82.0 cm³/mol. The molecule has 2 N–H and O–H groups in total. The fourth-order valence-corrected chi connectivity index (χ4v) is 3.03. The minimum atomic E-state index is 0.0333. The Hall–Kier alpha value is -1.29. The third-order valence-corrected chi connectivity index (χ3v) is 4.26. The van der Waals surface area contributed by atoms with Gasteiger partial charge in [0.2, 0.25) is 0 Å². The van der Waals surface area contributed by atoms with Gasteiger partial charge in [-0.25, -0.2) is 0 Å². The first-order valence-corrected chi connectivity index (χ1v) is 7.39. The Kier molecular flexibility index (Phi) is 4.64. The van der Waals surface area contributed by atoms with Gasteiger partial charge in [0.25, 0.3) is 5.91 Å². The molecule has 1 fully saturated rings. The topological polar surface area (TPSA) is 46.3 Å². The molecule has 3 nitrogen and oxygen atoms in total. The smallest absolute Gasteiger partial charge is 0.255 e. The fraction of sp³-hybridized carbons (Fsp3) is 0.400. The van der Waals surface area contributed by atoms with Crippen LogP contribution in [0, 0.1) is 0 Å². The number of benzene rings is 1. The monoisotopic (exact) mass is 322 g/mol. The first kappa shape index (κ1) is 14.1. The van der Waals surface area contributed by atoms with Gasteiger partial charge in [-0.1, -0.05) is 18.9 Å². The molecule has 0 aromatic heterocycles. The third-order valence-electron chi connectivity index (χ3n) is 3.57. The maximum atomic E-state index is 12.7. The molecule has 1 aromatic rings. The van der Waals surface area contributed by atoms with Gasteiger partial charge in [-0.15, -0.1) is 6.58 Å². The Morgan fingerprint density at radius 2 is 2.16 bits per heavy atom. The first-order chi connectivity index (χ1) is 9.13. The highest BCUT2D eigenvalue weighted by atomic mass is 79.9. The molecule has 1 aromatic carbocycles. The summed E-state index contributed by atoms with van der Waals surface area (Å²) in [5, 5.41) is 0. The maximum Gasteiger partial charge on any atom is 0.255 e. The minimum Gasteiger partial charge on any atom is -0.399 e. The Bertz CT molecular complexity index is 481. The van der Waals surface area contributed by atoms with Gasteiger partial charge in [-0.3, -0.25) is 4.79 Å². The quantitative estimate of drug-likeness (QED) is 0.680. The Morgan fingerprint density at radius 1 is 1.47 bits per heavy atom. The number of anilines is 1. The lowest BCUT2D eigenvalue weighted by Gasteiger charge is -2.28. The first-order valence-electron chi connectivity index (χ1n) is 6.60. The number of nitrogen functional groups attached to an aromatic ring is 1. The second-order valence-electron chi connectivity index (χ2n) is 4.92. The highest BCUT2D eigenvalue weighted by molar-refractivity contribution is 9.10. The molecule has 0 unspecified atom stereocenters. The lowest BCUT2D eigenvalue weighted by atomic mass is 10.1. The van der Waals surface area contributed by atoms with Crippen molar-refractivity contribution in [2.24, 2.45) is 0 Å². The Balaban J connectivity index is 2.27. The van der Waals surface area contributed by atoms with Gasteiger partial charge in [0, 0.05) is 22.7 Å². The van der Waals surface area contributed by atoms with Gasteiger partial charge < -0.3 is 10.6 Å². The van der Waals surface area contributed by atoms with Gasteiger partial charge >= 0.3 is 0 Å². The average Bonchev–Trinajstić information content (AvgIpc) is 2.92. The van der Waals surface area contributed by atoms with Crippen molar-refractivity contribution in [1.29, 1.82) is 0 Å². The summed E-state index contributed by atoms with van der Waals surface area (Å²) in [6.45, 7) is 4.35. The molecule has 1 amide bonds. The van der Waals surface area contributed by atoms with E-state index in [1.54, 1.807) is 18.2 Å². The zero-order chi connectivity index (χ0) is 13.8. The summed E-state index contributed by atoms with van der Waals surface area (Å²) in [4.78, 5) is 14.6. The highest BCUT2D eigenvalue weighted by Gasteiger charge is 2.27. The van der Waals surface area contributed by atoms with Gasteiger partial charge in [-0.05, 0) is 47.0 Å². The van der Waals surface area contributed by atoms with Crippen LogP contribution in [0.15, 0.2) is 35.3 Å². The second-order valence-corrected chi connectivity index (χ2v) is 5.78. The third kappa shape index (κ3) is 3.18. The number of nitrogens with zero attached hydrogens (tertiary/aromatic N) is 1. The van der Waals surface area contributed by atoms with Crippen LogP contribution in [0.25, 0.3) is 0 Å². The largest absolute Gasteiger partial charge is 0.399 e. The number of hydrogen-bond donors (Lipinski definition) is 1. The van der Waals surface area contributed by atoms with E-state index in [9.17, 15) is 4.79 Å². The molecule has 0 spiro atoms. The molecule has 4 heteroatoms. The van der Waals surface area contributed by atoms with Crippen LogP contribution in [0.2, 0.25) is 0 Å². The molecule has 0 saturated heterocycles. The van der Waals surface area contributed by atoms with Crippen molar-refractivity contribution in [2.75, 3.05) is 12.3 Å². The van der Waals surface area contributed by atoms with E-state index >= 15 is 0 Å².